The summed E-state index contributed by atoms with van der Waals surface area (Å²) in [7, 11) is 0. The first-order chi connectivity index (χ1) is 15.0. The molecule has 2 aliphatic carbocycles. The van der Waals surface area contributed by atoms with Crippen LogP contribution in [-0.2, 0) is 4.79 Å². The van der Waals surface area contributed by atoms with Gasteiger partial charge in [0, 0.05) is 18.8 Å². The Balaban J connectivity index is 1.52. The van der Waals surface area contributed by atoms with Gasteiger partial charge in [-0.25, -0.2) is 9.97 Å². The summed E-state index contributed by atoms with van der Waals surface area (Å²) in [6, 6.07) is -0.0224. The van der Waals surface area contributed by atoms with Gasteiger partial charge in [-0.15, -0.1) is 0 Å². The van der Waals surface area contributed by atoms with Crippen molar-refractivity contribution in [1.29, 1.82) is 0 Å². The molecule has 1 aliphatic heterocycles. The van der Waals surface area contributed by atoms with Crippen LogP contribution in [0.1, 0.15) is 111 Å². The fourth-order valence-corrected chi connectivity index (χ4v) is 5.55. The van der Waals surface area contributed by atoms with Crippen molar-refractivity contribution in [2.45, 2.75) is 108 Å². The number of aromatic nitrogens is 2. The molecule has 7 nitrogen and oxygen atoms in total. The Kier molecular flexibility index (Phi) is 6.89. The highest BCUT2D eigenvalue weighted by atomic mass is 16.3. The first kappa shape index (κ1) is 22.2. The maximum absolute atomic E-state index is 13.2. The number of hydrogen-bond donors (Lipinski definition) is 2. The molecule has 2 heterocycles. The summed E-state index contributed by atoms with van der Waals surface area (Å²) in [4.78, 5) is 37.1. The van der Waals surface area contributed by atoms with Gasteiger partial charge < -0.3 is 15.3 Å². The molecule has 0 radical (unpaired) electrons. The Morgan fingerprint density at radius 2 is 1.81 bits per heavy atom. The number of aryl methyl sites for hydroxylation is 1. The molecule has 1 unspecified atom stereocenters. The zero-order valence-corrected chi connectivity index (χ0v) is 18.7. The molecule has 3 aliphatic rings. The number of carbonyl (C=O) groups excluding carboxylic acids is 2. The van der Waals surface area contributed by atoms with Crippen molar-refractivity contribution in [3.63, 3.8) is 0 Å². The Bertz CT molecular complexity index is 800. The number of hydrogen-bond acceptors (Lipinski definition) is 5. The van der Waals surface area contributed by atoms with Gasteiger partial charge in [0.15, 0.2) is 0 Å². The fraction of sp³-hybridized carbons (Fsp3) is 0.750. The molecule has 31 heavy (non-hydrogen) atoms. The molecule has 2 saturated carbocycles. The number of aliphatic hydroxyl groups is 1. The summed E-state index contributed by atoms with van der Waals surface area (Å²) in [5, 5.41) is 14.1. The van der Waals surface area contributed by atoms with Gasteiger partial charge in [0.05, 0.1) is 29.3 Å². The van der Waals surface area contributed by atoms with E-state index in [1.807, 2.05) is 11.8 Å². The lowest BCUT2D eigenvalue weighted by Crippen LogP contribution is -2.41. The van der Waals surface area contributed by atoms with Crippen LogP contribution in [0, 0.1) is 6.92 Å². The number of nitrogens with one attached hydrogen (secondary N) is 1. The lowest BCUT2D eigenvalue weighted by atomic mass is 9.82. The van der Waals surface area contributed by atoms with Crippen LogP contribution in [0.15, 0.2) is 6.20 Å². The van der Waals surface area contributed by atoms with E-state index in [1.54, 1.807) is 6.20 Å². The van der Waals surface area contributed by atoms with E-state index in [0.29, 0.717) is 36.5 Å². The quantitative estimate of drug-likeness (QED) is 0.747. The van der Waals surface area contributed by atoms with Crippen molar-refractivity contribution in [2.75, 3.05) is 6.54 Å². The highest BCUT2D eigenvalue weighted by molar-refractivity contribution is 5.95. The van der Waals surface area contributed by atoms with Crippen LogP contribution in [0.2, 0.25) is 0 Å². The average Bonchev–Trinajstić information content (AvgIpc) is 3.24. The van der Waals surface area contributed by atoms with E-state index in [9.17, 15) is 14.7 Å². The first-order valence-electron chi connectivity index (χ1n) is 12.1. The molecule has 0 bridgehead atoms. The second kappa shape index (κ2) is 9.63. The Hall–Kier alpha value is -2.02. The third-order valence-corrected chi connectivity index (χ3v) is 7.28. The third-order valence-electron chi connectivity index (χ3n) is 7.28. The predicted molar refractivity (Wildman–Crippen MR) is 117 cm³/mol. The number of likely N-dealkylation sites (tertiary alicyclic amines) is 1. The summed E-state index contributed by atoms with van der Waals surface area (Å²) in [5.74, 6) is 0.448. The van der Waals surface area contributed by atoms with Crippen molar-refractivity contribution in [2.24, 2.45) is 0 Å². The van der Waals surface area contributed by atoms with E-state index in [1.165, 1.54) is 6.42 Å². The topological polar surface area (TPSA) is 95.4 Å². The standard InChI is InChI=1S/C24H36N4O3/c1-17-25-16-19(23(30)27-18-9-4-2-5-10-18)22(26-17)20-11-8-14-28(20)21(29)15-24(31)12-6-3-7-13-24/h16,18,20,31H,2-15H2,1H3,(H,27,30). The molecule has 2 N–H and O–H groups in total. The fourth-order valence-electron chi connectivity index (χ4n) is 5.55. The van der Waals surface area contributed by atoms with Crippen molar-refractivity contribution in [3.8, 4) is 0 Å². The van der Waals surface area contributed by atoms with Gasteiger partial charge >= 0.3 is 0 Å². The van der Waals surface area contributed by atoms with Crippen LogP contribution >= 0.6 is 0 Å². The molecule has 7 heteroatoms. The van der Waals surface area contributed by atoms with Crippen LogP contribution in [0.3, 0.4) is 0 Å². The normalized spacial score (nSPS) is 24.2. The minimum atomic E-state index is -0.884. The number of nitrogens with zero attached hydrogens (tertiary/aromatic N) is 3. The average molecular weight is 429 g/mol. The summed E-state index contributed by atoms with van der Waals surface area (Å²) in [5.41, 5.74) is 0.255. The van der Waals surface area contributed by atoms with Gasteiger partial charge in [0.25, 0.3) is 5.91 Å². The molecule has 1 aromatic rings. The Morgan fingerprint density at radius 1 is 1.10 bits per heavy atom. The number of carbonyl (C=O) groups is 2. The van der Waals surface area contributed by atoms with Crippen molar-refractivity contribution in [3.05, 3.63) is 23.3 Å². The molecule has 1 saturated heterocycles. The van der Waals surface area contributed by atoms with Crippen LogP contribution in [0.5, 0.6) is 0 Å². The Labute approximate surface area is 185 Å². The monoisotopic (exact) mass is 428 g/mol. The highest BCUT2D eigenvalue weighted by Gasteiger charge is 2.39. The van der Waals surface area contributed by atoms with Crippen LogP contribution in [-0.4, -0.2) is 50.0 Å². The predicted octanol–water partition coefficient (Wildman–Crippen LogP) is 3.60. The number of rotatable bonds is 5. The van der Waals surface area contributed by atoms with Crippen molar-refractivity contribution < 1.29 is 14.7 Å². The molecule has 4 rings (SSSR count). The van der Waals surface area contributed by atoms with E-state index in [0.717, 1.165) is 57.8 Å². The maximum Gasteiger partial charge on any atom is 0.255 e. The zero-order chi connectivity index (χ0) is 21.8. The zero-order valence-electron chi connectivity index (χ0n) is 18.7. The smallest absolute Gasteiger partial charge is 0.255 e. The summed E-state index contributed by atoms with van der Waals surface area (Å²) in [6.45, 7) is 2.46. The molecule has 1 aromatic heterocycles. The van der Waals surface area contributed by atoms with Crippen LogP contribution in [0.4, 0.5) is 0 Å². The lowest BCUT2D eigenvalue weighted by molar-refractivity contribution is -0.138. The van der Waals surface area contributed by atoms with Gasteiger partial charge in [0.2, 0.25) is 5.91 Å². The number of amides is 2. The Morgan fingerprint density at radius 3 is 2.55 bits per heavy atom. The first-order valence-corrected chi connectivity index (χ1v) is 12.1. The second-order valence-electron chi connectivity index (χ2n) is 9.73. The van der Waals surface area contributed by atoms with Gasteiger partial charge in [-0.1, -0.05) is 38.5 Å². The van der Waals surface area contributed by atoms with E-state index < -0.39 is 5.60 Å². The van der Waals surface area contributed by atoms with Crippen molar-refractivity contribution >= 4 is 11.8 Å². The van der Waals surface area contributed by atoms with Gasteiger partial charge in [-0.05, 0) is 45.4 Å². The molecule has 170 valence electrons. The van der Waals surface area contributed by atoms with Crippen LogP contribution < -0.4 is 5.32 Å². The van der Waals surface area contributed by atoms with E-state index in [2.05, 4.69) is 15.3 Å². The highest BCUT2D eigenvalue weighted by Crippen LogP contribution is 2.37. The van der Waals surface area contributed by atoms with E-state index >= 15 is 0 Å². The third kappa shape index (κ3) is 5.25. The summed E-state index contributed by atoms with van der Waals surface area (Å²) in [6.07, 6.45) is 13.5. The second-order valence-corrected chi connectivity index (χ2v) is 9.73. The maximum atomic E-state index is 13.2. The summed E-state index contributed by atoms with van der Waals surface area (Å²) < 4.78 is 0. The molecule has 3 fully saturated rings. The minimum absolute atomic E-state index is 0.0261. The SMILES string of the molecule is Cc1ncc(C(=O)NC2CCCCC2)c(C2CCCN2C(=O)CC2(O)CCCCC2)n1. The van der Waals surface area contributed by atoms with Crippen molar-refractivity contribution in [1.82, 2.24) is 20.2 Å². The summed E-state index contributed by atoms with van der Waals surface area (Å²) >= 11 is 0. The minimum Gasteiger partial charge on any atom is -0.389 e. The van der Waals surface area contributed by atoms with Gasteiger partial charge in [0.1, 0.15) is 5.82 Å². The largest absolute Gasteiger partial charge is 0.389 e. The molecule has 2 amide bonds. The lowest BCUT2D eigenvalue weighted by Gasteiger charge is -2.34. The molecule has 1 atom stereocenters. The van der Waals surface area contributed by atoms with Crippen LogP contribution in [0.25, 0.3) is 0 Å². The van der Waals surface area contributed by atoms with Gasteiger partial charge in [-0.2, -0.15) is 0 Å². The molecular formula is C24H36N4O3. The van der Waals surface area contributed by atoms with E-state index in [-0.39, 0.29) is 30.3 Å². The van der Waals surface area contributed by atoms with E-state index in [4.69, 9.17) is 0 Å². The van der Waals surface area contributed by atoms with Gasteiger partial charge in [-0.3, -0.25) is 9.59 Å². The molecule has 0 spiro atoms. The molecule has 0 aromatic carbocycles. The molecular weight excluding hydrogens is 392 g/mol.